The van der Waals surface area contributed by atoms with Gasteiger partial charge in [0.2, 0.25) is 5.95 Å². The average Bonchev–Trinajstić information content (AvgIpc) is 3.37. The Hall–Kier alpha value is -2.11. The summed E-state index contributed by atoms with van der Waals surface area (Å²) >= 11 is 7.00. The zero-order valence-electron chi connectivity index (χ0n) is 23.8. The number of anilines is 1. The van der Waals surface area contributed by atoms with Crippen molar-refractivity contribution in [3.05, 3.63) is 16.7 Å². The molecule has 5 N–H and O–H groups in total. The Bertz CT molecular complexity index is 1400. The predicted molar refractivity (Wildman–Crippen MR) is 152 cm³/mol. The molecule has 0 saturated carbocycles. The van der Waals surface area contributed by atoms with Gasteiger partial charge < -0.3 is 20.3 Å². The van der Waals surface area contributed by atoms with Crippen molar-refractivity contribution in [3.63, 3.8) is 0 Å². The predicted octanol–water partition coefficient (Wildman–Crippen LogP) is 2.24. The molecule has 0 aliphatic carbocycles. The molecule has 2 aromatic rings. The summed E-state index contributed by atoms with van der Waals surface area (Å²) in [6.45, 7) is 8.93. The highest BCUT2D eigenvalue weighted by atomic mass is 35.5. The molecule has 6 unspecified atom stereocenters. The smallest absolute Gasteiger partial charge is 0.406 e. The number of hydrogen-bond donors (Lipinski definition) is 4. The number of aliphatic hydroxyl groups excluding tert-OH is 1. The van der Waals surface area contributed by atoms with Crippen molar-refractivity contribution in [1.82, 2.24) is 24.6 Å². The standard InChI is InChI=1S/C23H35ClFN6O9PS/c1-11(2)39-18(34)12(3)30-41(36,37-7-8-42-20(35)22(4,5)6)38-9-13-15(32)23(24,25)19(40-13)31-10-27-14-16(31)28-21(26)29-17(14)33/h10-13,15,19,32H,7-9H2,1-6H3,(H,30,36)(H3,26,28,29,33). The summed E-state index contributed by atoms with van der Waals surface area (Å²) in [5, 5.41) is 10.0. The number of nitrogens with zero attached hydrogens (tertiary/aromatic N) is 3. The third kappa shape index (κ3) is 8.08. The van der Waals surface area contributed by atoms with E-state index in [9.17, 15) is 24.1 Å². The van der Waals surface area contributed by atoms with E-state index < -0.39 is 67.0 Å². The minimum atomic E-state index is -4.35. The molecular weight excluding hydrogens is 622 g/mol. The van der Waals surface area contributed by atoms with Gasteiger partial charge in [-0.05, 0) is 20.8 Å². The second-order valence-electron chi connectivity index (χ2n) is 10.8. The molecule has 6 atom stereocenters. The number of aromatic nitrogens is 4. The van der Waals surface area contributed by atoms with Crippen LogP contribution in [0.15, 0.2) is 11.1 Å². The first-order valence-electron chi connectivity index (χ1n) is 12.8. The van der Waals surface area contributed by atoms with Crippen LogP contribution in [0.4, 0.5) is 10.3 Å². The highest BCUT2D eigenvalue weighted by molar-refractivity contribution is 8.13. The number of aliphatic hydroxyl groups is 1. The van der Waals surface area contributed by atoms with E-state index in [1.165, 1.54) is 6.92 Å². The Morgan fingerprint density at radius 3 is 2.67 bits per heavy atom. The zero-order valence-corrected chi connectivity index (χ0v) is 26.3. The lowest BCUT2D eigenvalue weighted by molar-refractivity contribution is -0.149. The number of ether oxygens (including phenoxy) is 2. The molecule has 15 nitrogen and oxygen atoms in total. The van der Waals surface area contributed by atoms with Crippen LogP contribution in [0, 0.1) is 5.41 Å². The van der Waals surface area contributed by atoms with Gasteiger partial charge in [0.1, 0.15) is 18.2 Å². The van der Waals surface area contributed by atoms with Crippen molar-refractivity contribution in [2.75, 3.05) is 24.7 Å². The fraction of sp³-hybridized carbons (Fsp3) is 0.696. The normalized spacial score (nSPS) is 25.0. The van der Waals surface area contributed by atoms with Crippen LogP contribution in [0.2, 0.25) is 0 Å². The summed E-state index contributed by atoms with van der Waals surface area (Å²) in [5.74, 6) is -0.911. The van der Waals surface area contributed by atoms with E-state index in [2.05, 4.69) is 20.0 Å². The van der Waals surface area contributed by atoms with Crippen LogP contribution in [-0.4, -0.2) is 84.2 Å². The first-order chi connectivity index (χ1) is 19.4. The van der Waals surface area contributed by atoms with Gasteiger partial charge in [0, 0.05) is 11.2 Å². The van der Waals surface area contributed by atoms with Crippen molar-refractivity contribution < 1.29 is 42.2 Å². The highest BCUT2D eigenvalue weighted by Crippen LogP contribution is 2.49. The average molecular weight is 657 g/mol. The minimum Gasteiger partial charge on any atom is -0.462 e. The maximum atomic E-state index is 15.6. The number of hydrogen-bond acceptors (Lipinski definition) is 13. The third-order valence-electron chi connectivity index (χ3n) is 5.74. The van der Waals surface area contributed by atoms with Crippen molar-refractivity contribution in [2.45, 2.75) is 77.3 Å². The van der Waals surface area contributed by atoms with Gasteiger partial charge in [-0.3, -0.25) is 33.0 Å². The molecule has 0 amide bonds. The van der Waals surface area contributed by atoms with Crippen LogP contribution >= 0.6 is 31.1 Å². The van der Waals surface area contributed by atoms with Crippen molar-refractivity contribution in [3.8, 4) is 0 Å². The van der Waals surface area contributed by atoms with Crippen molar-refractivity contribution >= 4 is 59.3 Å². The van der Waals surface area contributed by atoms with Gasteiger partial charge in [0.15, 0.2) is 22.5 Å². The van der Waals surface area contributed by atoms with E-state index in [1.54, 1.807) is 34.6 Å². The minimum absolute atomic E-state index is 0.110. The first-order valence-corrected chi connectivity index (χ1v) is 15.7. The number of aromatic amines is 1. The van der Waals surface area contributed by atoms with Crippen LogP contribution in [-0.2, 0) is 32.7 Å². The van der Waals surface area contributed by atoms with Crippen molar-refractivity contribution in [2.24, 2.45) is 5.41 Å². The Morgan fingerprint density at radius 1 is 1.38 bits per heavy atom. The van der Waals surface area contributed by atoms with E-state index >= 15 is 4.39 Å². The maximum absolute atomic E-state index is 15.6. The summed E-state index contributed by atoms with van der Waals surface area (Å²) in [7, 11) is -4.35. The summed E-state index contributed by atoms with van der Waals surface area (Å²) in [4.78, 5) is 46.7. The molecule has 0 bridgehead atoms. The summed E-state index contributed by atoms with van der Waals surface area (Å²) in [5.41, 5.74) is 3.96. The Labute approximate surface area is 249 Å². The van der Waals surface area contributed by atoms with Gasteiger partial charge >= 0.3 is 13.7 Å². The number of carbonyl (C=O) groups excluding carboxylic acids is 2. The van der Waals surface area contributed by atoms with E-state index in [0.717, 1.165) is 22.7 Å². The largest absolute Gasteiger partial charge is 0.462 e. The SMILES string of the molecule is CC(C)OC(=O)C(C)NP(=O)(OCCSC(=O)C(C)(C)C)OCC1OC(n2cnc3c(=O)[nH]c(N)nc32)C(F)(Cl)C1O. The van der Waals surface area contributed by atoms with Crippen LogP contribution in [0.5, 0.6) is 0 Å². The number of alkyl halides is 2. The molecule has 0 spiro atoms. The summed E-state index contributed by atoms with van der Waals surface area (Å²) < 4.78 is 51.9. The molecule has 3 heterocycles. The molecule has 0 aromatic carbocycles. The lowest BCUT2D eigenvalue weighted by atomic mass is 10.00. The summed E-state index contributed by atoms with van der Waals surface area (Å²) in [6.07, 6.45) is -4.71. The topological polar surface area (TPSA) is 210 Å². The maximum Gasteiger partial charge on any atom is 0.406 e. The number of thioether (sulfide) groups is 1. The van der Waals surface area contributed by atoms with E-state index in [0.29, 0.717) is 0 Å². The fourth-order valence-electron chi connectivity index (χ4n) is 3.64. The lowest BCUT2D eigenvalue weighted by Crippen LogP contribution is -2.39. The second kappa shape index (κ2) is 13.3. The highest BCUT2D eigenvalue weighted by Gasteiger charge is 2.58. The van der Waals surface area contributed by atoms with Gasteiger partial charge in [-0.2, -0.15) is 4.98 Å². The zero-order chi connectivity index (χ0) is 31.6. The number of nitrogens with one attached hydrogen (secondary N) is 2. The molecule has 236 valence electrons. The Kier molecular flexibility index (Phi) is 10.9. The van der Waals surface area contributed by atoms with Gasteiger partial charge in [-0.15, -0.1) is 0 Å². The van der Waals surface area contributed by atoms with Gasteiger partial charge in [0.25, 0.3) is 10.7 Å². The number of imidazole rings is 1. The van der Waals surface area contributed by atoms with Crippen LogP contribution in [0.25, 0.3) is 11.2 Å². The van der Waals surface area contributed by atoms with Gasteiger partial charge in [-0.1, -0.05) is 44.1 Å². The summed E-state index contributed by atoms with van der Waals surface area (Å²) in [6, 6.07) is -1.16. The van der Waals surface area contributed by atoms with Gasteiger partial charge in [-0.25, -0.2) is 19.0 Å². The molecule has 1 saturated heterocycles. The van der Waals surface area contributed by atoms with Crippen molar-refractivity contribution in [1.29, 1.82) is 0 Å². The number of rotatable bonds is 12. The van der Waals surface area contributed by atoms with E-state index in [-0.39, 0.29) is 34.6 Å². The monoisotopic (exact) mass is 656 g/mol. The molecule has 19 heteroatoms. The Morgan fingerprint density at radius 2 is 2.05 bits per heavy atom. The van der Waals surface area contributed by atoms with Gasteiger partial charge in [0.05, 0.1) is 25.6 Å². The third-order valence-corrected chi connectivity index (χ3v) is 9.11. The fourth-order valence-corrected chi connectivity index (χ4v) is 6.32. The van der Waals surface area contributed by atoms with Crippen LogP contribution in [0.3, 0.4) is 0 Å². The first kappa shape index (κ1) is 34.4. The molecule has 1 aliphatic heterocycles. The van der Waals surface area contributed by atoms with Crippen LogP contribution in [0.1, 0.15) is 47.8 Å². The van der Waals surface area contributed by atoms with Crippen LogP contribution < -0.4 is 16.4 Å². The van der Waals surface area contributed by atoms with E-state index in [4.69, 9.17) is 35.9 Å². The number of nitrogen functional groups attached to an aromatic ring is 1. The molecule has 0 radical (unpaired) electrons. The number of nitrogens with two attached hydrogens (primary N) is 1. The molecule has 2 aromatic heterocycles. The molecule has 1 aliphatic rings. The molecule has 3 rings (SSSR count). The molecule has 42 heavy (non-hydrogen) atoms. The Balaban J connectivity index is 1.77. The quantitative estimate of drug-likeness (QED) is 0.112. The number of halogens is 2. The number of H-pyrrole nitrogens is 1. The number of fused-ring (bicyclic) bond motifs is 1. The van der Waals surface area contributed by atoms with E-state index in [1.807, 2.05) is 0 Å². The molecular formula is C23H35ClFN6O9PS. The molecule has 1 fully saturated rings. The lowest BCUT2D eigenvalue weighted by Gasteiger charge is -2.25. The number of esters is 1. The number of carbonyl (C=O) groups is 2. The second-order valence-corrected chi connectivity index (χ2v) is 14.2.